The molecular formula is C22H18NNaO4. The number of aromatic nitrogens is 1. The van der Waals surface area contributed by atoms with E-state index in [2.05, 4.69) is 4.98 Å². The van der Waals surface area contributed by atoms with Gasteiger partial charge in [-0.3, -0.25) is 4.98 Å². The number of hydrogen-bond donors (Lipinski definition) is 0. The monoisotopic (exact) mass is 383 g/mol. The van der Waals surface area contributed by atoms with Crippen molar-refractivity contribution in [2.45, 2.75) is 19.1 Å². The molecule has 0 aliphatic carbocycles. The quantitative estimate of drug-likeness (QED) is 0.566. The predicted octanol–water partition coefficient (Wildman–Crippen LogP) is -0.310. The van der Waals surface area contributed by atoms with E-state index in [1.54, 1.807) is 18.3 Å². The number of carbonyl (C=O) groups is 1. The van der Waals surface area contributed by atoms with Gasteiger partial charge in [-0.25, -0.2) is 0 Å². The summed E-state index contributed by atoms with van der Waals surface area (Å²) in [5.41, 5.74) is 3.90. The maximum atomic E-state index is 11.3. The second kappa shape index (κ2) is 9.34. The number of rotatable bonds is 5. The minimum absolute atomic E-state index is 0. The fourth-order valence-electron chi connectivity index (χ4n) is 3.28. The van der Waals surface area contributed by atoms with Gasteiger partial charge in [0.2, 0.25) is 0 Å². The molecule has 4 rings (SSSR count). The van der Waals surface area contributed by atoms with Crippen molar-refractivity contribution in [1.82, 2.24) is 4.98 Å². The van der Waals surface area contributed by atoms with Crippen LogP contribution in [0.1, 0.15) is 38.7 Å². The van der Waals surface area contributed by atoms with Crippen LogP contribution < -0.4 is 39.4 Å². The Labute approximate surface area is 185 Å². The van der Waals surface area contributed by atoms with Crippen molar-refractivity contribution in [1.29, 1.82) is 0 Å². The van der Waals surface area contributed by atoms with Crippen molar-refractivity contribution in [2.75, 3.05) is 6.61 Å². The molecular weight excluding hydrogens is 365 g/mol. The van der Waals surface area contributed by atoms with E-state index in [1.807, 2.05) is 42.6 Å². The topological polar surface area (TPSA) is 71.5 Å². The first-order valence-electron chi connectivity index (χ1n) is 8.79. The van der Waals surface area contributed by atoms with Crippen LogP contribution in [0.25, 0.3) is 0 Å². The number of carbonyl (C=O) groups excluding carboxylic acids is 1. The number of pyridine rings is 1. The zero-order valence-electron chi connectivity index (χ0n) is 15.6. The van der Waals surface area contributed by atoms with Crippen molar-refractivity contribution in [3.8, 4) is 5.75 Å². The normalized spacial score (nSPS) is 14.6. The van der Waals surface area contributed by atoms with Gasteiger partial charge in [0.1, 0.15) is 18.5 Å². The third-order valence-electron chi connectivity index (χ3n) is 4.65. The zero-order valence-corrected chi connectivity index (χ0v) is 17.6. The summed E-state index contributed by atoms with van der Waals surface area (Å²) in [5, 5.41) is 11.3. The van der Waals surface area contributed by atoms with Gasteiger partial charge >= 0.3 is 29.6 Å². The van der Waals surface area contributed by atoms with Crippen LogP contribution in [-0.4, -0.2) is 17.6 Å². The van der Waals surface area contributed by atoms with Crippen LogP contribution in [0.5, 0.6) is 5.75 Å². The van der Waals surface area contributed by atoms with Crippen molar-refractivity contribution in [3.63, 3.8) is 0 Å². The number of carboxylic acid groups (broad SMARTS) is 1. The molecule has 0 saturated heterocycles. The average Bonchev–Trinajstić information content (AvgIpc) is 2.86. The van der Waals surface area contributed by atoms with E-state index in [0.717, 1.165) is 16.7 Å². The van der Waals surface area contributed by atoms with E-state index in [0.29, 0.717) is 30.9 Å². The van der Waals surface area contributed by atoms with Gasteiger partial charge in [0.05, 0.1) is 12.6 Å². The molecule has 0 amide bonds. The Kier molecular flexibility index (Phi) is 6.86. The molecule has 0 N–H and O–H groups in total. The molecule has 2 heterocycles. The molecule has 6 heteroatoms. The van der Waals surface area contributed by atoms with Gasteiger partial charge in [-0.15, -0.1) is 0 Å². The van der Waals surface area contributed by atoms with Crippen molar-refractivity contribution in [2.24, 2.45) is 0 Å². The molecule has 1 unspecified atom stereocenters. The van der Waals surface area contributed by atoms with Gasteiger partial charge in [-0.2, -0.15) is 0 Å². The molecule has 0 bridgehead atoms. The van der Waals surface area contributed by atoms with Gasteiger partial charge in [0.25, 0.3) is 0 Å². The zero-order chi connectivity index (χ0) is 18.6. The molecule has 136 valence electrons. The molecule has 2 aromatic carbocycles. The Morgan fingerprint density at radius 3 is 2.79 bits per heavy atom. The molecule has 0 fully saturated rings. The number of benzene rings is 2. The van der Waals surface area contributed by atoms with Gasteiger partial charge < -0.3 is 19.4 Å². The molecule has 5 nitrogen and oxygen atoms in total. The van der Waals surface area contributed by atoms with Crippen LogP contribution in [0.15, 0.2) is 67.0 Å². The smallest absolute Gasteiger partial charge is 0.545 e. The number of nitrogens with zero attached hydrogens (tertiary/aromatic N) is 1. The number of carboxylic acids is 1. The third-order valence-corrected chi connectivity index (χ3v) is 4.65. The van der Waals surface area contributed by atoms with Crippen LogP contribution >= 0.6 is 0 Å². The second-order valence-electron chi connectivity index (χ2n) is 6.39. The summed E-state index contributed by atoms with van der Waals surface area (Å²) in [5.74, 6) is -0.591. The standard InChI is InChI=1S/C22H19NO4.Na/c24-22(25)16-7-8-20-19(12-16)21(18-6-2-1-5-17(18)14-27-20)26-11-9-15-4-3-10-23-13-15;/h1-8,10,12-13,21H,9,11,14H2,(H,24,25);/q;+1/p-1. The van der Waals surface area contributed by atoms with Crippen LogP contribution in [0.2, 0.25) is 0 Å². The minimum atomic E-state index is -1.22. The van der Waals surface area contributed by atoms with Crippen LogP contribution in [0.3, 0.4) is 0 Å². The van der Waals surface area contributed by atoms with E-state index in [4.69, 9.17) is 9.47 Å². The van der Waals surface area contributed by atoms with Gasteiger partial charge in [-0.05, 0) is 52.9 Å². The first-order chi connectivity index (χ1) is 13.2. The Balaban J connectivity index is 0.00000225. The average molecular weight is 383 g/mol. The number of ether oxygens (including phenoxy) is 2. The van der Waals surface area contributed by atoms with Crippen molar-refractivity contribution < 1.29 is 48.9 Å². The third kappa shape index (κ3) is 4.45. The Hall–Kier alpha value is -2.18. The molecule has 28 heavy (non-hydrogen) atoms. The fourth-order valence-corrected chi connectivity index (χ4v) is 3.28. The fraction of sp³-hybridized carbons (Fsp3) is 0.182. The van der Waals surface area contributed by atoms with Gasteiger partial charge in [0, 0.05) is 18.0 Å². The summed E-state index contributed by atoms with van der Waals surface area (Å²) < 4.78 is 12.1. The molecule has 0 radical (unpaired) electrons. The first kappa shape index (κ1) is 20.6. The Morgan fingerprint density at radius 2 is 2.00 bits per heavy atom. The minimum Gasteiger partial charge on any atom is -0.545 e. The predicted molar refractivity (Wildman–Crippen MR) is 97.3 cm³/mol. The SMILES string of the molecule is O=C([O-])c1ccc2c(c1)C(OCCc1cccnc1)c1ccccc1CO2.[Na+]. The van der Waals surface area contributed by atoms with E-state index in [9.17, 15) is 9.90 Å². The number of fused-ring (bicyclic) bond motifs is 2. The van der Waals surface area contributed by atoms with Crippen molar-refractivity contribution >= 4 is 5.97 Å². The maximum absolute atomic E-state index is 11.3. The summed E-state index contributed by atoms with van der Waals surface area (Å²) in [6.07, 6.45) is 3.86. The van der Waals surface area contributed by atoms with E-state index < -0.39 is 12.1 Å². The van der Waals surface area contributed by atoms with Gasteiger partial charge in [-0.1, -0.05) is 30.3 Å². The summed E-state index contributed by atoms with van der Waals surface area (Å²) >= 11 is 0. The second-order valence-corrected chi connectivity index (χ2v) is 6.39. The largest absolute Gasteiger partial charge is 1.00 e. The van der Waals surface area contributed by atoms with Crippen molar-refractivity contribution in [3.05, 3.63) is 94.8 Å². The molecule has 1 aliphatic rings. The Bertz CT molecular complexity index is 962. The van der Waals surface area contributed by atoms with E-state index in [1.165, 1.54) is 6.07 Å². The number of hydrogen-bond acceptors (Lipinski definition) is 5. The Morgan fingerprint density at radius 1 is 1.14 bits per heavy atom. The van der Waals surface area contributed by atoms with E-state index >= 15 is 0 Å². The maximum Gasteiger partial charge on any atom is 1.00 e. The van der Waals surface area contributed by atoms with Gasteiger partial charge in [0.15, 0.2) is 0 Å². The first-order valence-corrected chi connectivity index (χ1v) is 8.79. The number of aromatic carboxylic acids is 1. The summed E-state index contributed by atoms with van der Waals surface area (Å²) in [4.78, 5) is 15.4. The molecule has 0 spiro atoms. The molecule has 1 aliphatic heterocycles. The molecule has 3 aromatic rings. The van der Waals surface area contributed by atoms with Crippen LogP contribution in [0, 0.1) is 0 Å². The molecule has 1 aromatic heterocycles. The summed E-state index contributed by atoms with van der Waals surface area (Å²) in [6.45, 7) is 0.885. The molecule has 0 saturated carbocycles. The van der Waals surface area contributed by atoms with E-state index in [-0.39, 0.29) is 35.1 Å². The van der Waals surface area contributed by atoms with Crippen LogP contribution in [-0.2, 0) is 17.8 Å². The molecule has 1 atom stereocenters. The van der Waals surface area contributed by atoms with Crippen LogP contribution in [0.4, 0.5) is 0 Å². The summed E-state index contributed by atoms with van der Waals surface area (Å²) in [6, 6.07) is 16.5. The summed E-state index contributed by atoms with van der Waals surface area (Å²) in [7, 11) is 0.